The highest BCUT2D eigenvalue weighted by Gasteiger charge is 2.13. The fourth-order valence-electron chi connectivity index (χ4n) is 1.15. The molecule has 0 aromatic heterocycles. The van der Waals surface area contributed by atoms with Crippen LogP contribution in [0.4, 0.5) is 4.79 Å². The fraction of sp³-hybridized carbons (Fsp3) is 0.833. The minimum absolute atomic E-state index is 0.117. The summed E-state index contributed by atoms with van der Waals surface area (Å²) < 4.78 is 0. The topological polar surface area (TPSA) is 61.4 Å². The highest BCUT2D eigenvalue weighted by Crippen LogP contribution is 2.00. The van der Waals surface area contributed by atoms with Crippen molar-refractivity contribution in [2.75, 3.05) is 13.1 Å². The van der Waals surface area contributed by atoms with E-state index in [1.165, 1.54) is 0 Å². The van der Waals surface area contributed by atoms with E-state index >= 15 is 0 Å². The minimum atomic E-state index is -0.922. The van der Waals surface area contributed by atoms with Crippen LogP contribution in [0.3, 0.4) is 0 Å². The van der Waals surface area contributed by atoms with Gasteiger partial charge in [-0.1, -0.05) is 0 Å². The van der Waals surface area contributed by atoms with Crippen LogP contribution >= 0.6 is 0 Å². The molecule has 0 saturated carbocycles. The Morgan fingerprint density at radius 2 is 2.50 bits per heavy atom. The van der Waals surface area contributed by atoms with Gasteiger partial charge in [0.05, 0.1) is 0 Å². The van der Waals surface area contributed by atoms with Crippen molar-refractivity contribution in [2.24, 2.45) is 0 Å². The molecule has 4 nitrogen and oxygen atoms in total. The van der Waals surface area contributed by atoms with E-state index in [-0.39, 0.29) is 6.04 Å². The number of piperidine rings is 1. The number of hydrogen-bond acceptors (Lipinski definition) is 2. The molecule has 1 atom stereocenters. The first-order valence-corrected chi connectivity index (χ1v) is 3.49. The molecule has 4 heteroatoms. The number of carboxylic acid groups (broad SMARTS) is 1. The molecule has 58 valence electrons. The maximum atomic E-state index is 10.1. The maximum absolute atomic E-state index is 10.1. The SMILES string of the molecule is O=C(O)N[C@H]1CCCNC1. The Hall–Kier alpha value is -0.770. The van der Waals surface area contributed by atoms with E-state index in [1.54, 1.807) is 0 Å². The van der Waals surface area contributed by atoms with Gasteiger partial charge in [-0.05, 0) is 19.4 Å². The fourth-order valence-corrected chi connectivity index (χ4v) is 1.15. The Kier molecular flexibility index (Phi) is 2.50. The number of amides is 1. The third-order valence-electron chi connectivity index (χ3n) is 1.62. The molecule has 1 saturated heterocycles. The summed E-state index contributed by atoms with van der Waals surface area (Å²) in [7, 11) is 0. The number of hydrogen-bond donors (Lipinski definition) is 3. The molecular formula is C6H12N2O2. The van der Waals surface area contributed by atoms with Crippen LogP contribution in [0, 0.1) is 0 Å². The zero-order chi connectivity index (χ0) is 7.40. The van der Waals surface area contributed by atoms with Crippen LogP contribution in [0.2, 0.25) is 0 Å². The van der Waals surface area contributed by atoms with E-state index in [2.05, 4.69) is 10.6 Å². The van der Waals surface area contributed by atoms with Gasteiger partial charge in [0, 0.05) is 12.6 Å². The zero-order valence-electron chi connectivity index (χ0n) is 5.76. The van der Waals surface area contributed by atoms with Gasteiger partial charge in [0.25, 0.3) is 0 Å². The largest absolute Gasteiger partial charge is 0.465 e. The molecule has 1 fully saturated rings. The second-order valence-corrected chi connectivity index (χ2v) is 2.49. The van der Waals surface area contributed by atoms with Crippen LogP contribution in [0.15, 0.2) is 0 Å². The lowest BCUT2D eigenvalue weighted by atomic mass is 10.1. The maximum Gasteiger partial charge on any atom is 0.404 e. The molecule has 0 aromatic rings. The smallest absolute Gasteiger partial charge is 0.404 e. The van der Waals surface area contributed by atoms with Crippen molar-refractivity contribution in [1.82, 2.24) is 10.6 Å². The van der Waals surface area contributed by atoms with Crippen molar-refractivity contribution in [3.63, 3.8) is 0 Å². The molecule has 0 radical (unpaired) electrons. The van der Waals surface area contributed by atoms with Crippen LogP contribution in [0.5, 0.6) is 0 Å². The van der Waals surface area contributed by atoms with Gasteiger partial charge in [0.2, 0.25) is 0 Å². The summed E-state index contributed by atoms with van der Waals surface area (Å²) in [4.78, 5) is 10.1. The van der Waals surface area contributed by atoms with Gasteiger partial charge >= 0.3 is 6.09 Å². The molecule has 0 spiro atoms. The summed E-state index contributed by atoms with van der Waals surface area (Å²) in [6.07, 6.45) is 1.10. The Labute approximate surface area is 59.6 Å². The molecule has 1 aliphatic heterocycles. The summed E-state index contributed by atoms with van der Waals surface area (Å²) in [5.74, 6) is 0. The van der Waals surface area contributed by atoms with E-state index in [1.807, 2.05) is 0 Å². The Balaban J connectivity index is 2.19. The predicted octanol–water partition coefficient (Wildman–Crippen LogP) is 0.00600. The Morgan fingerprint density at radius 1 is 1.70 bits per heavy atom. The van der Waals surface area contributed by atoms with Gasteiger partial charge in [-0.2, -0.15) is 0 Å². The zero-order valence-corrected chi connectivity index (χ0v) is 5.76. The van der Waals surface area contributed by atoms with Crippen molar-refractivity contribution in [3.05, 3.63) is 0 Å². The molecule has 1 rings (SSSR count). The quantitative estimate of drug-likeness (QED) is 0.485. The summed E-state index contributed by atoms with van der Waals surface area (Å²) >= 11 is 0. The summed E-state index contributed by atoms with van der Waals surface area (Å²) in [5, 5.41) is 13.9. The van der Waals surface area contributed by atoms with Gasteiger partial charge in [0.15, 0.2) is 0 Å². The third-order valence-corrected chi connectivity index (χ3v) is 1.62. The van der Waals surface area contributed by atoms with E-state index in [0.717, 1.165) is 25.9 Å². The van der Waals surface area contributed by atoms with Gasteiger partial charge in [-0.15, -0.1) is 0 Å². The normalized spacial score (nSPS) is 25.8. The molecular weight excluding hydrogens is 132 g/mol. The molecule has 0 bridgehead atoms. The molecule has 3 N–H and O–H groups in total. The second-order valence-electron chi connectivity index (χ2n) is 2.49. The van der Waals surface area contributed by atoms with Crippen molar-refractivity contribution in [1.29, 1.82) is 0 Å². The molecule has 1 amide bonds. The van der Waals surface area contributed by atoms with Gasteiger partial charge in [-0.25, -0.2) is 4.79 Å². The average molecular weight is 144 g/mol. The van der Waals surface area contributed by atoms with Crippen LogP contribution in [0.1, 0.15) is 12.8 Å². The van der Waals surface area contributed by atoms with Crippen molar-refractivity contribution >= 4 is 6.09 Å². The lowest BCUT2D eigenvalue weighted by Gasteiger charge is -2.21. The Morgan fingerprint density at radius 3 is 3.00 bits per heavy atom. The van der Waals surface area contributed by atoms with Gasteiger partial charge in [-0.3, -0.25) is 0 Å². The predicted molar refractivity (Wildman–Crippen MR) is 37.1 cm³/mol. The molecule has 0 aromatic carbocycles. The van der Waals surface area contributed by atoms with E-state index in [9.17, 15) is 4.79 Å². The molecule has 1 heterocycles. The van der Waals surface area contributed by atoms with Crippen LogP contribution in [-0.2, 0) is 0 Å². The molecule has 0 unspecified atom stereocenters. The summed E-state index contributed by atoms with van der Waals surface area (Å²) in [6, 6.07) is 0.117. The van der Waals surface area contributed by atoms with Crippen LogP contribution < -0.4 is 10.6 Å². The van der Waals surface area contributed by atoms with Crippen LogP contribution in [0.25, 0.3) is 0 Å². The Bertz CT molecular complexity index is 121. The van der Waals surface area contributed by atoms with Crippen molar-refractivity contribution in [3.8, 4) is 0 Å². The second kappa shape index (κ2) is 3.41. The lowest BCUT2D eigenvalue weighted by molar-refractivity contribution is 0.187. The van der Waals surface area contributed by atoms with Crippen molar-refractivity contribution < 1.29 is 9.90 Å². The first-order chi connectivity index (χ1) is 4.79. The lowest BCUT2D eigenvalue weighted by Crippen LogP contribution is -2.45. The standard InChI is InChI=1S/C6H12N2O2/c9-6(10)8-5-2-1-3-7-4-5/h5,7-8H,1-4H2,(H,9,10)/t5-/m0/s1. The van der Waals surface area contributed by atoms with Gasteiger partial charge in [0.1, 0.15) is 0 Å². The first-order valence-electron chi connectivity index (χ1n) is 3.49. The number of rotatable bonds is 1. The number of carbonyl (C=O) groups is 1. The van der Waals surface area contributed by atoms with E-state index in [4.69, 9.17) is 5.11 Å². The minimum Gasteiger partial charge on any atom is -0.465 e. The number of nitrogens with one attached hydrogen (secondary N) is 2. The van der Waals surface area contributed by atoms with Crippen LogP contribution in [-0.4, -0.2) is 30.3 Å². The highest BCUT2D eigenvalue weighted by atomic mass is 16.4. The average Bonchev–Trinajstić information content (AvgIpc) is 1.88. The van der Waals surface area contributed by atoms with E-state index < -0.39 is 6.09 Å². The third kappa shape index (κ3) is 2.23. The molecule has 10 heavy (non-hydrogen) atoms. The summed E-state index contributed by atoms with van der Waals surface area (Å²) in [5.41, 5.74) is 0. The monoisotopic (exact) mass is 144 g/mol. The highest BCUT2D eigenvalue weighted by molar-refractivity contribution is 5.64. The van der Waals surface area contributed by atoms with Crippen molar-refractivity contribution in [2.45, 2.75) is 18.9 Å². The molecule has 1 aliphatic rings. The first kappa shape index (κ1) is 7.34. The van der Waals surface area contributed by atoms with Gasteiger partial charge < -0.3 is 15.7 Å². The summed E-state index contributed by atoms with van der Waals surface area (Å²) in [6.45, 7) is 1.78. The molecule has 0 aliphatic carbocycles. The van der Waals surface area contributed by atoms with E-state index in [0.29, 0.717) is 0 Å².